The van der Waals surface area contributed by atoms with Crippen LogP contribution in [-0.4, -0.2) is 34.3 Å². The van der Waals surface area contributed by atoms with Crippen LogP contribution in [0.25, 0.3) is 0 Å². The number of carbonyl (C=O) groups is 2. The topological polar surface area (TPSA) is 62.3 Å². The molecule has 9 heteroatoms. The first-order valence-electron chi connectivity index (χ1n) is 7.78. The lowest BCUT2D eigenvalue weighted by Gasteiger charge is -2.26. The Morgan fingerprint density at radius 3 is 2.54 bits per heavy atom. The summed E-state index contributed by atoms with van der Waals surface area (Å²) in [6.45, 7) is 4.93. The number of carbonyl (C=O) groups excluding carboxylic acids is 2. The number of hydrogen-bond acceptors (Lipinski definition) is 4. The third-order valence-corrected chi connectivity index (χ3v) is 4.33. The number of benzene rings is 1. The molecule has 0 atom stereocenters. The molecule has 1 aromatic carbocycles. The first-order valence-corrected chi connectivity index (χ1v) is 8.60. The maximum atomic E-state index is 12.9. The largest absolute Gasteiger partial charge is 0.416 e. The molecule has 0 saturated carbocycles. The van der Waals surface area contributed by atoms with Gasteiger partial charge in [0.1, 0.15) is 6.54 Å². The van der Waals surface area contributed by atoms with E-state index in [4.69, 9.17) is 0 Å². The van der Waals surface area contributed by atoms with Gasteiger partial charge in [-0.25, -0.2) is 4.98 Å². The average Bonchev–Trinajstić information content (AvgIpc) is 2.96. The standard InChI is InChI=1S/C17H18F3N3O2S/c1-10(2)23(9-14(24)22-16-21-8-11(3)26-16)15(25)12-5-4-6-13(7-12)17(18,19)20/h4-8,10H,9H2,1-3H3,(H,21,22,24). The van der Waals surface area contributed by atoms with E-state index in [1.807, 2.05) is 6.92 Å². The minimum Gasteiger partial charge on any atom is -0.327 e. The molecule has 0 saturated heterocycles. The normalized spacial score (nSPS) is 11.5. The third-order valence-electron chi connectivity index (χ3n) is 3.50. The summed E-state index contributed by atoms with van der Waals surface area (Å²) in [5.41, 5.74) is -1.03. The lowest BCUT2D eigenvalue weighted by Crippen LogP contribution is -2.42. The fourth-order valence-corrected chi connectivity index (χ4v) is 2.89. The van der Waals surface area contributed by atoms with E-state index in [0.29, 0.717) is 5.13 Å². The highest BCUT2D eigenvalue weighted by Gasteiger charge is 2.31. The first-order chi connectivity index (χ1) is 12.1. The zero-order valence-electron chi connectivity index (χ0n) is 14.4. The van der Waals surface area contributed by atoms with Crippen LogP contribution in [0.2, 0.25) is 0 Å². The van der Waals surface area contributed by atoms with Gasteiger partial charge < -0.3 is 10.2 Å². The van der Waals surface area contributed by atoms with Gasteiger partial charge in [-0.1, -0.05) is 6.07 Å². The Morgan fingerprint density at radius 2 is 2.00 bits per heavy atom. The fourth-order valence-electron chi connectivity index (χ4n) is 2.21. The Bertz CT molecular complexity index is 803. The maximum Gasteiger partial charge on any atom is 0.416 e. The van der Waals surface area contributed by atoms with Gasteiger partial charge in [0.05, 0.1) is 5.56 Å². The number of nitrogens with one attached hydrogen (secondary N) is 1. The van der Waals surface area contributed by atoms with Gasteiger partial charge in [0, 0.05) is 22.7 Å². The summed E-state index contributed by atoms with van der Waals surface area (Å²) in [5.74, 6) is -1.11. The zero-order valence-corrected chi connectivity index (χ0v) is 15.2. The van der Waals surface area contributed by atoms with Crippen molar-refractivity contribution in [2.75, 3.05) is 11.9 Å². The van der Waals surface area contributed by atoms with Crippen LogP contribution in [0, 0.1) is 6.92 Å². The molecule has 0 aliphatic rings. The molecule has 0 bridgehead atoms. The molecular formula is C17H18F3N3O2S. The number of halogens is 3. The molecule has 0 unspecified atom stereocenters. The Morgan fingerprint density at radius 1 is 1.31 bits per heavy atom. The number of anilines is 1. The highest BCUT2D eigenvalue weighted by atomic mass is 32.1. The van der Waals surface area contributed by atoms with Crippen LogP contribution in [0.1, 0.15) is 34.6 Å². The monoisotopic (exact) mass is 385 g/mol. The Kier molecular flexibility index (Phi) is 6.01. The molecule has 0 radical (unpaired) electrons. The molecular weight excluding hydrogens is 367 g/mol. The van der Waals surface area contributed by atoms with Gasteiger partial charge >= 0.3 is 6.18 Å². The van der Waals surface area contributed by atoms with Crippen molar-refractivity contribution in [1.82, 2.24) is 9.88 Å². The van der Waals surface area contributed by atoms with E-state index in [2.05, 4.69) is 10.3 Å². The fraction of sp³-hybridized carbons (Fsp3) is 0.353. The summed E-state index contributed by atoms with van der Waals surface area (Å²) < 4.78 is 38.6. The van der Waals surface area contributed by atoms with E-state index in [0.717, 1.165) is 17.0 Å². The van der Waals surface area contributed by atoms with Crippen LogP contribution in [0.3, 0.4) is 0 Å². The van der Waals surface area contributed by atoms with Gasteiger partial charge in [-0.3, -0.25) is 9.59 Å². The van der Waals surface area contributed by atoms with Crippen LogP contribution in [0.5, 0.6) is 0 Å². The van der Waals surface area contributed by atoms with E-state index in [9.17, 15) is 22.8 Å². The minimum absolute atomic E-state index is 0.119. The van der Waals surface area contributed by atoms with Crippen LogP contribution in [-0.2, 0) is 11.0 Å². The summed E-state index contributed by atoms with van der Waals surface area (Å²) in [5, 5.41) is 2.99. The van der Waals surface area contributed by atoms with Gasteiger partial charge in [0.25, 0.3) is 5.91 Å². The van der Waals surface area contributed by atoms with Gasteiger partial charge in [-0.05, 0) is 39.0 Å². The predicted octanol–water partition coefficient (Wildman–Crippen LogP) is 3.96. The molecule has 140 valence electrons. The molecule has 0 aliphatic carbocycles. The molecule has 1 N–H and O–H groups in total. The van der Waals surface area contributed by atoms with E-state index in [-0.39, 0.29) is 18.2 Å². The molecule has 0 spiro atoms. The second-order valence-corrected chi connectivity index (χ2v) is 7.16. The number of hydrogen-bond donors (Lipinski definition) is 1. The molecule has 26 heavy (non-hydrogen) atoms. The third kappa shape index (κ3) is 5.04. The average molecular weight is 385 g/mol. The van der Waals surface area contributed by atoms with Crippen molar-refractivity contribution in [3.05, 3.63) is 46.5 Å². The Hall–Kier alpha value is -2.42. The summed E-state index contributed by atoms with van der Waals surface area (Å²) in [7, 11) is 0. The molecule has 0 fully saturated rings. The zero-order chi connectivity index (χ0) is 19.5. The summed E-state index contributed by atoms with van der Waals surface area (Å²) in [6.07, 6.45) is -2.94. The van der Waals surface area contributed by atoms with Crippen LogP contribution >= 0.6 is 11.3 Å². The van der Waals surface area contributed by atoms with Crippen LogP contribution < -0.4 is 5.32 Å². The van der Waals surface area contributed by atoms with E-state index >= 15 is 0 Å². The van der Waals surface area contributed by atoms with Crippen molar-refractivity contribution in [3.8, 4) is 0 Å². The van der Waals surface area contributed by atoms with Gasteiger partial charge in [0.2, 0.25) is 5.91 Å². The minimum atomic E-state index is -4.54. The molecule has 5 nitrogen and oxygen atoms in total. The second kappa shape index (κ2) is 7.86. The lowest BCUT2D eigenvalue weighted by molar-refractivity contribution is -0.137. The number of amides is 2. The number of rotatable bonds is 5. The van der Waals surface area contributed by atoms with Gasteiger partial charge in [0.15, 0.2) is 5.13 Å². The molecule has 2 aromatic rings. The summed E-state index contributed by atoms with van der Waals surface area (Å²) in [4.78, 5) is 30.9. The molecule has 0 aliphatic heterocycles. The molecule has 1 heterocycles. The van der Waals surface area contributed by atoms with E-state index < -0.39 is 23.6 Å². The predicted molar refractivity (Wildman–Crippen MR) is 93.1 cm³/mol. The van der Waals surface area contributed by atoms with Crippen molar-refractivity contribution in [1.29, 1.82) is 0 Å². The summed E-state index contributed by atoms with van der Waals surface area (Å²) >= 11 is 1.29. The number of aromatic nitrogens is 1. The lowest BCUT2D eigenvalue weighted by atomic mass is 10.1. The van der Waals surface area contributed by atoms with Crippen molar-refractivity contribution >= 4 is 28.3 Å². The quantitative estimate of drug-likeness (QED) is 0.847. The number of nitrogens with zero attached hydrogens (tertiary/aromatic N) is 2. The smallest absolute Gasteiger partial charge is 0.327 e. The van der Waals surface area contributed by atoms with Gasteiger partial charge in [-0.15, -0.1) is 11.3 Å². The molecule has 2 rings (SSSR count). The number of alkyl halides is 3. The van der Waals surface area contributed by atoms with Crippen LogP contribution in [0.4, 0.5) is 18.3 Å². The Balaban J connectivity index is 2.16. The molecule has 1 aromatic heterocycles. The SMILES string of the molecule is Cc1cnc(NC(=O)CN(C(=O)c2cccc(C(F)(F)F)c2)C(C)C)s1. The van der Waals surface area contributed by atoms with E-state index in [1.165, 1.54) is 28.4 Å². The van der Waals surface area contributed by atoms with Crippen molar-refractivity contribution in [2.45, 2.75) is 33.0 Å². The highest BCUT2D eigenvalue weighted by molar-refractivity contribution is 7.15. The van der Waals surface area contributed by atoms with Crippen molar-refractivity contribution < 1.29 is 22.8 Å². The highest BCUT2D eigenvalue weighted by Crippen LogP contribution is 2.29. The van der Waals surface area contributed by atoms with Crippen molar-refractivity contribution in [3.63, 3.8) is 0 Å². The van der Waals surface area contributed by atoms with E-state index in [1.54, 1.807) is 20.0 Å². The first kappa shape index (κ1) is 19.9. The maximum absolute atomic E-state index is 12.9. The molecule has 2 amide bonds. The second-order valence-electron chi connectivity index (χ2n) is 5.93. The Labute approximate surface area is 152 Å². The number of thiazole rings is 1. The van der Waals surface area contributed by atoms with Crippen molar-refractivity contribution in [2.24, 2.45) is 0 Å². The number of aryl methyl sites for hydroxylation is 1. The van der Waals surface area contributed by atoms with Crippen LogP contribution in [0.15, 0.2) is 30.5 Å². The summed E-state index contributed by atoms with van der Waals surface area (Å²) in [6, 6.07) is 3.79. The van der Waals surface area contributed by atoms with Gasteiger partial charge in [-0.2, -0.15) is 13.2 Å².